The van der Waals surface area contributed by atoms with Gasteiger partial charge in [0.2, 0.25) is 0 Å². The van der Waals surface area contributed by atoms with Crippen LogP contribution in [0.3, 0.4) is 0 Å². The minimum Gasteiger partial charge on any atom is -0.349 e. The van der Waals surface area contributed by atoms with Gasteiger partial charge in [0.15, 0.2) is 0 Å². The number of halogens is 2. The molecule has 1 saturated carbocycles. The molecule has 0 aromatic heterocycles. The topological polar surface area (TPSA) is 29.1 Å². The van der Waals surface area contributed by atoms with Crippen molar-refractivity contribution in [3.63, 3.8) is 0 Å². The van der Waals surface area contributed by atoms with E-state index in [9.17, 15) is 9.18 Å². The van der Waals surface area contributed by atoms with Crippen LogP contribution in [0.5, 0.6) is 0 Å². The average molecular weight is 270 g/mol. The molecule has 1 fully saturated rings. The number of hydrogen-bond acceptors (Lipinski definition) is 1. The predicted octanol–water partition coefficient (Wildman–Crippen LogP) is 3.41. The van der Waals surface area contributed by atoms with Gasteiger partial charge in [-0.25, -0.2) is 4.39 Å². The van der Waals surface area contributed by atoms with Crippen molar-refractivity contribution in [2.45, 2.75) is 44.0 Å². The largest absolute Gasteiger partial charge is 0.349 e. The Kier molecular flexibility index (Phi) is 4.23. The molecule has 0 atom stereocenters. The van der Waals surface area contributed by atoms with Crippen molar-refractivity contribution in [2.75, 3.05) is 0 Å². The zero-order valence-corrected chi connectivity index (χ0v) is 11.1. The van der Waals surface area contributed by atoms with Crippen molar-refractivity contribution in [2.24, 2.45) is 0 Å². The van der Waals surface area contributed by atoms with Crippen molar-refractivity contribution < 1.29 is 9.18 Å². The summed E-state index contributed by atoms with van der Waals surface area (Å²) in [4.78, 5) is 12.0. The molecular weight excluding hydrogens is 253 g/mol. The smallest absolute Gasteiger partial charge is 0.251 e. The summed E-state index contributed by atoms with van der Waals surface area (Å²) in [7, 11) is 0. The number of aryl methyl sites for hydroxylation is 1. The predicted molar refractivity (Wildman–Crippen MR) is 70.5 cm³/mol. The lowest BCUT2D eigenvalue weighted by Gasteiger charge is -2.25. The van der Waals surface area contributed by atoms with Crippen LogP contribution in [0.25, 0.3) is 0 Å². The normalized spacial score (nSPS) is 23.7. The highest BCUT2D eigenvalue weighted by Gasteiger charge is 2.21. The summed E-state index contributed by atoms with van der Waals surface area (Å²) in [6.45, 7) is 1.66. The first-order valence-electron chi connectivity index (χ1n) is 6.27. The van der Waals surface area contributed by atoms with Crippen molar-refractivity contribution in [3.8, 4) is 0 Å². The maximum atomic E-state index is 13.1. The van der Waals surface area contributed by atoms with Crippen LogP contribution in [-0.4, -0.2) is 17.3 Å². The van der Waals surface area contributed by atoms with Gasteiger partial charge in [0.1, 0.15) is 5.82 Å². The molecule has 1 aromatic carbocycles. The lowest BCUT2D eigenvalue weighted by Crippen LogP contribution is -2.37. The van der Waals surface area contributed by atoms with Crippen LogP contribution in [0.4, 0.5) is 4.39 Å². The lowest BCUT2D eigenvalue weighted by molar-refractivity contribution is 0.0928. The third-order valence-corrected chi connectivity index (χ3v) is 3.85. The molecule has 0 bridgehead atoms. The van der Waals surface area contributed by atoms with E-state index in [-0.39, 0.29) is 23.1 Å². The van der Waals surface area contributed by atoms with E-state index < -0.39 is 0 Å². The second kappa shape index (κ2) is 5.70. The van der Waals surface area contributed by atoms with Crippen LogP contribution in [0, 0.1) is 12.7 Å². The Morgan fingerprint density at radius 3 is 2.61 bits per heavy atom. The minimum atomic E-state index is -0.283. The first-order valence-corrected chi connectivity index (χ1v) is 6.71. The third kappa shape index (κ3) is 3.22. The van der Waals surface area contributed by atoms with Crippen LogP contribution in [-0.2, 0) is 0 Å². The van der Waals surface area contributed by atoms with Gasteiger partial charge in [0.05, 0.1) is 0 Å². The van der Waals surface area contributed by atoms with Gasteiger partial charge in [-0.1, -0.05) is 0 Å². The Bertz CT molecular complexity index is 441. The van der Waals surface area contributed by atoms with E-state index in [1.807, 2.05) is 0 Å². The molecule has 2 rings (SSSR count). The Hall–Kier alpha value is -1.09. The van der Waals surface area contributed by atoms with Crippen molar-refractivity contribution >= 4 is 17.5 Å². The van der Waals surface area contributed by atoms with E-state index >= 15 is 0 Å². The Balaban J connectivity index is 1.97. The Labute approximate surface area is 112 Å². The quantitative estimate of drug-likeness (QED) is 0.819. The first kappa shape index (κ1) is 13.3. The molecule has 0 radical (unpaired) electrons. The number of hydrogen-bond donors (Lipinski definition) is 1. The third-order valence-electron chi connectivity index (χ3n) is 3.41. The van der Waals surface area contributed by atoms with Gasteiger partial charge < -0.3 is 5.32 Å². The van der Waals surface area contributed by atoms with E-state index in [2.05, 4.69) is 5.32 Å². The number of benzene rings is 1. The molecule has 1 aliphatic carbocycles. The fourth-order valence-electron chi connectivity index (χ4n) is 2.25. The SMILES string of the molecule is Cc1cc(C(=O)NC2CCC(Cl)CC2)ccc1F. The highest BCUT2D eigenvalue weighted by molar-refractivity contribution is 6.20. The highest BCUT2D eigenvalue weighted by atomic mass is 35.5. The van der Waals surface area contributed by atoms with Crippen LogP contribution < -0.4 is 5.32 Å². The van der Waals surface area contributed by atoms with Crippen molar-refractivity contribution in [1.82, 2.24) is 5.32 Å². The molecule has 1 aliphatic rings. The van der Waals surface area contributed by atoms with Crippen LogP contribution in [0.15, 0.2) is 18.2 Å². The lowest BCUT2D eigenvalue weighted by atomic mass is 9.95. The summed E-state index contributed by atoms with van der Waals surface area (Å²) in [6.07, 6.45) is 3.71. The van der Waals surface area contributed by atoms with Gasteiger partial charge in [0, 0.05) is 17.0 Å². The molecule has 4 heteroatoms. The summed E-state index contributed by atoms with van der Waals surface area (Å²) in [5.74, 6) is -0.412. The van der Waals surface area contributed by atoms with Crippen molar-refractivity contribution in [3.05, 3.63) is 35.1 Å². The number of alkyl halides is 1. The summed E-state index contributed by atoms with van der Waals surface area (Å²) < 4.78 is 13.1. The molecule has 18 heavy (non-hydrogen) atoms. The van der Waals surface area contributed by atoms with Gasteiger partial charge in [-0.05, 0) is 56.4 Å². The molecule has 1 aromatic rings. The number of carbonyl (C=O) groups excluding carboxylic acids is 1. The molecule has 1 N–H and O–H groups in total. The number of amides is 1. The summed E-state index contributed by atoms with van der Waals surface area (Å²) in [5, 5.41) is 3.22. The van der Waals surface area contributed by atoms with Gasteiger partial charge in [0.25, 0.3) is 5.91 Å². The van der Waals surface area contributed by atoms with E-state index in [4.69, 9.17) is 11.6 Å². The van der Waals surface area contributed by atoms with E-state index in [0.29, 0.717) is 11.1 Å². The number of nitrogens with one attached hydrogen (secondary N) is 1. The molecule has 2 nitrogen and oxygen atoms in total. The average Bonchev–Trinajstić information content (AvgIpc) is 2.35. The second-order valence-corrected chi connectivity index (χ2v) is 5.50. The van der Waals surface area contributed by atoms with Gasteiger partial charge in [-0.15, -0.1) is 11.6 Å². The van der Waals surface area contributed by atoms with Crippen LogP contribution in [0.1, 0.15) is 41.6 Å². The zero-order chi connectivity index (χ0) is 13.1. The summed E-state index contributed by atoms with van der Waals surface area (Å²) in [6, 6.07) is 4.63. The molecular formula is C14H17ClFNO. The van der Waals surface area contributed by atoms with E-state index in [1.165, 1.54) is 12.1 Å². The Morgan fingerprint density at radius 2 is 2.00 bits per heavy atom. The molecule has 0 saturated heterocycles. The summed E-state index contributed by atoms with van der Waals surface area (Å²) in [5.41, 5.74) is 1.01. The van der Waals surface area contributed by atoms with Gasteiger partial charge in [-0.2, -0.15) is 0 Å². The second-order valence-electron chi connectivity index (χ2n) is 4.89. The number of carbonyl (C=O) groups is 1. The maximum absolute atomic E-state index is 13.1. The van der Waals surface area contributed by atoms with E-state index in [1.54, 1.807) is 13.0 Å². The highest BCUT2D eigenvalue weighted by Crippen LogP contribution is 2.23. The maximum Gasteiger partial charge on any atom is 0.251 e. The fraction of sp³-hybridized carbons (Fsp3) is 0.500. The fourth-order valence-corrected chi connectivity index (χ4v) is 2.50. The molecule has 0 spiro atoms. The standard InChI is InChI=1S/C14H17ClFNO/c1-9-8-10(2-7-13(9)16)14(18)17-12-5-3-11(15)4-6-12/h2,7-8,11-12H,3-6H2,1H3,(H,17,18). The summed E-state index contributed by atoms with van der Waals surface area (Å²) >= 11 is 6.02. The molecule has 0 aliphatic heterocycles. The molecule has 1 amide bonds. The molecule has 0 unspecified atom stereocenters. The Morgan fingerprint density at radius 1 is 1.33 bits per heavy atom. The number of rotatable bonds is 2. The monoisotopic (exact) mass is 269 g/mol. The zero-order valence-electron chi connectivity index (χ0n) is 10.4. The van der Waals surface area contributed by atoms with E-state index in [0.717, 1.165) is 25.7 Å². The first-order chi connectivity index (χ1) is 8.56. The van der Waals surface area contributed by atoms with Crippen LogP contribution >= 0.6 is 11.6 Å². The molecule has 0 heterocycles. The minimum absolute atomic E-state index is 0.129. The van der Waals surface area contributed by atoms with Crippen LogP contribution in [0.2, 0.25) is 0 Å². The molecule has 98 valence electrons. The van der Waals surface area contributed by atoms with Gasteiger partial charge >= 0.3 is 0 Å². The van der Waals surface area contributed by atoms with Crippen molar-refractivity contribution in [1.29, 1.82) is 0 Å². The van der Waals surface area contributed by atoms with Gasteiger partial charge in [-0.3, -0.25) is 4.79 Å².